The van der Waals surface area contributed by atoms with Gasteiger partial charge in [-0.3, -0.25) is 4.79 Å². The van der Waals surface area contributed by atoms with Crippen molar-refractivity contribution in [3.05, 3.63) is 29.6 Å². The predicted molar refractivity (Wildman–Crippen MR) is 71.9 cm³/mol. The highest BCUT2D eigenvalue weighted by Gasteiger charge is 2.29. The molecule has 1 fully saturated rings. The topological polar surface area (TPSA) is 29.5 Å². The monoisotopic (exact) mass is 265 g/mol. The zero-order chi connectivity index (χ0) is 14.0. The van der Waals surface area contributed by atoms with Gasteiger partial charge >= 0.3 is 0 Å². The van der Waals surface area contributed by atoms with Crippen molar-refractivity contribution in [1.82, 2.24) is 4.90 Å². The van der Waals surface area contributed by atoms with Gasteiger partial charge in [-0.2, -0.15) is 0 Å². The Morgan fingerprint density at radius 2 is 1.95 bits per heavy atom. The Morgan fingerprint density at radius 3 is 2.47 bits per heavy atom. The first kappa shape index (κ1) is 13.8. The van der Waals surface area contributed by atoms with E-state index in [1.807, 2.05) is 18.7 Å². The standard InChI is InChI=1S/C15H20FNO2/c1-10-5-4-6-11(2)17(10)15(18)12-7-8-14(19-3)13(16)9-12/h7-11H,4-6H2,1-3H3. The van der Waals surface area contributed by atoms with Crippen LogP contribution in [-0.4, -0.2) is 30.0 Å². The van der Waals surface area contributed by atoms with E-state index in [1.165, 1.54) is 19.2 Å². The molecule has 1 saturated heterocycles. The lowest BCUT2D eigenvalue weighted by Crippen LogP contribution is -2.47. The molecule has 0 aliphatic carbocycles. The van der Waals surface area contributed by atoms with Gasteiger partial charge in [0.2, 0.25) is 0 Å². The van der Waals surface area contributed by atoms with E-state index in [0.717, 1.165) is 19.3 Å². The van der Waals surface area contributed by atoms with Crippen molar-refractivity contribution in [1.29, 1.82) is 0 Å². The maximum Gasteiger partial charge on any atom is 0.254 e. The number of carbonyl (C=O) groups is 1. The van der Waals surface area contributed by atoms with Crippen molar-refractivity contribution in [2.75, 3.05) is 7.11 Å². The van der Waals surface area contributed by atoms with Gasteiger partial charge in [-0.15, -0.1) is 0 Å². The van der Waals surface area contributed by atoms with E-state index < -0.39 is 5.82 Å². The highest BCUT2D eigenvalue weighted by Crippen LogP contribution is 2.26. The van der Waals surface area contributed by atoms with E-state index in [2.05, 4.69) is 0 Å². The van der Waals surface area contributed by atoms with Gasteiger partial charge in [0.05, 0.1) is 7.11 Å². The van der Waals surface area contributed by atoms with Gasteiger partial charge in [-0.1, -0.05) is 0 Å². The van der Waals surface area contributed by atoms with E-state index in [-0.39, 0.29) is 23.7 Å². The Balaban J connectivity index is 2.25. The molecule has 1 aliphatic rings. The first-order valence-electron chi connectivity index (χ1n) is 6.70. The van der Waals surface area contributed by atoms with Crippen molar-refractivity contribution < 1.29 is 13.9 Å². The summed E-state index contributed by atoms with van der Waals surface area (Å²) in [4.78, 5) is 14.4. The number of hydrogen-bond acceptors (Lipinski definition) is 2. The zero-order valence-corrected chi connectivity index (χ0v) is 11.6. The van der Waals surface area contributed by atoms with Gasteiger partial charge < -0.3 is 9.64 Å². The maximum atomic E-state index is 13.7. The molecule has 0 aromatic heterocycles. The van der Waals surface area contributed by atoms with Gasteiger partial charge in [-0.25, -0.2) is 4.39 Å². The quantitative estimate of drug-likeness (QED) is 0.821. The summed E-state index contributed by atoms with van der Waals surface area (Å²) in [6.07, 6.45) is 3.16. The number of amides is 1. The van der Waals surface area contributed by atoms with E-state index in [1.54, 1.807) is 6.07 Å². The largest absolute Gasteiger partial charge is 0.494 e. The number of hydrogen-bond donors (Lipinski definition) is 0. The average Bonchev–Trinajstić information content (AvgIpc) is 2.38. The van der Waals surface area contributed by atoms with Crippen LogP contribution < -0.4 is 4.74 Å². The molecule has 0 saturated carbocycles. The fourth-order valence-corrected chi connectivity index (χ4v) is 2.77. The number of likely N-dealkylation sites (tertiary alicyclic amines) is 1. The highest BCUT2D eigenvalue weighted by atomic mass is 19.1. The lowest BCUT2D eigenvalue weighted by Gasteiger charge is -2.39. The number of piperidine rings is 1. The van der Waals surface area contributed by atoms with E-state index in [9.17, 15) is 9.18 Å². The van der Waals surface area contributed by atoms with Crippen molar-refractivity contribution in [2.24, 2.45) is 0 Å². The van der Waals surface area contributed by atoms with E-state index >= 15 is 0 Å². The SMILES string of the molecule is COc1ccc(C(=O)N2C(C)CCCC2C)cc1F. The van der Waals surface area contributed by atoms with Crippen molar-refractivity contribution in [3.8, 4) is 5.75 Å². The molecule has 1 aliphatic heterocycles. The van der Waals surface area contributed by atoms with Crippen LogP contribution in [0.2, 0.25) is 0 Å². The number of rotatable bonds is 2. The molecular weight excluding hydrogens is 245 g/mol. The minimum Gasteiger partial charge on any atom is -0.494 e. The Bertz CT molecular complexity index is 465. The fourth-order valence-electron chi connectivity index (χ4n) is 2.77. The predicted octanol–water partition coefficient (Wildman–Crippen LogP) is 3.24. The number of carbonyl (C=O) groups excluding carboxylic acids is 1. The summed E-state index contributed by atoms with van der Waals surface area (Å²) >= 11 is 0. The van der Waals surface area contributed by atoms with Crippen LogP contribution in [0.3, 0.4) is 0 Å². The normalized spacial score (nSPS) is 23.3. The van der Waals surface area contributed by atoms with Crippen molar-refractivity contribution in [2.45, 2.75) is 45.2 Å². The summed E-state index contributed by atoms with van der Waals surface area (Å²) in [6, 6.07) is 4.80. The van der Waals surface area contributed by atoms with Gasteiger partial charge in [0.25, 0.3) is 5.91 Å². The highest BCUT2D eigenvalue weighted by molar-refractivity contribution is 5.94. The Labute approximate surface area is 113 Å². The second kappa shape index (κ2) is 5.59. The van der Waals surface area contributed by atoms with Crippen LogP contribution in [0.5, 0.6) is 5.75 Å². The number of ether oxygens (including phenoxy) is 1. The van der Waals surface area contributed by atoms with E-state index in [0.29, 0.717) is 5.56 Å². The second-order valence-corrected chi connectivity index (χ2v) is 5.19. The Morgan fingerprint density at radius 1 is 1.32 bits per heavy atom. The molecule has 104 valence electrons. The third-order valence-corrected chi connectivity index (χ3v) is 3.83. The molecular formula is C15H20FNO2. The van der Waals surface area contributed by atoms with Crippen molar-refractivity contribution >= 4 is 5.91 Å². The molecule has 1 aromatic carbocycles. The molecule has 3 nitrogen and oxygen atoms in total. The Kier molecular flexibility index (Phi) is 4.08. The minimum atomic E-state index is -0.495. The molecule has 0 radical (unpaired) electrons. The third-order valence-electron chi connectivity index (χ3n) is 3.83. The lowest BCUT2D eigenvalue weighted by atomic mass is 9.96. The second-order valence-electron chi connectivity index (χ2n) is 5.19. The molecule has 0 N–H and O–H groups in total. The molecule has 2 rings (SSSR count). The molecule has 0 spiro atoms. The molecule has 1 aromatic rings. The molecule has 19 heavy (non-hydrogen) atoms. The first-order chi connectivity index (χ1) is 9.04. The number of halogens is 1. The molecule has 2 unspecified atom stereocenters. The molecule has 2 atom stereocenters. The summed E-state index contributed by atoms with van der Waals surface area (Å²) < 4.78 is 18.5. The van der Waals surface area contributed by atoms with E-state index in [4.69, 9.17) is 4.74 Å². The van der Waals surface area contributed by atoms with Crippen LogP contribution in [0.25, 0.3) is 0 Å². The van der Waals surface area contributed by atoms with Gasteiger partial charge in [0.1, 0.15) is 0 Å². The number of methoxy groups -OCH3 is 1. The summed E-state index contributed by atoms with van der Waals surface area (Å²) in [5.74, 6) is -0.428. The maximum absolute atomic E-state index is 13.7. The summed E-state index contributed by atoms with van der Waals surface area (Å²) in [5.41, 5.74) is 0.388. The van der Waals surface area contributed by atoms with Gasteiger partial charge in [-0.05, 0) is 51.3 Å². The number of nitrogens with zero attached hydrogens (tertiary/aromatic N) is 1. The van der Waals surface area contributed by atoms with Crippen LogP contribution >= 0.6 is 0 Å². The number of benzene rings is 1. The summed E-state index contributed by atoms with van der Waals surface area (Å²) in [5, 5.41) is 0. The van der Waals surface area contributed by atoms with Crippen LogP contribution in [-0.2, 0) is 0 Å². The first-order valence-corrected chi connectivity index (χ1v) is 6.70. The molecule has 1 amide bonds. The molecule has 4 heteroatoms. The third kappa shape index (κ3) is 2.72. The van der Waals surface area contributed by atoms with Crippen molar-refractivity contribution in [3.63, 3.8) is 0 Å². The summed E-state index contributed by atoms with van der Waals surface area (Å²) in [7, 11) is 1.41. The minimum absolute atomic E-state index is 0.0961. The van der Waals surface area contributed by atoms with Crippen LogP contribution in [0, 0.1) is 5.82 Å². The smallest absolute Gasteiger partial charge is 0.254 e. The Hall–Kier alpha value is -1.58. The van der Waals surface area contributed by atoms with Gasteiger partial charge in [0, 0.05) is 17.6 Å². The zero-order valence-electron chi connectivity index (χ0n) is 11.6. The van der Waals surface area contributed by atoms with Crippen LogP contribution in [0.15, 0.2) is 18.2 Å². The summed E-state index contributed by atoms with van der Waals surface area (Å²) in [6.45, 7) is 4.10. The van der Waals surface area contributed by atoms with Crippen LogP contribution in [0.1, 0.15) is 43.5 Å². The average molecular weight is 265 g/mol. The molecule has 0 bridgehead atoms. The van der Waals surface area contributed by atoms with Crippen LogP contribution in [0.4, 0.5) is 4.39 Å². The fraction of sp³-hybridized carbons (Fsp3) is 0.533. The lowest BCUT2D eigenvalue weighted by molar-refractivity contribution is 0.0510. The molecule has 1 heterocycles. The van der Waals surface area contributed by atoms with Gasteiger partial charge in [0.15, 0.2) is 11.6 Å².